The first-order valence-corrected chi connectivity index (χ1v) is 7.50. The van der Waals surface area contributed by atoms with Crippen LogP contribution in [0.2, 0.25) is 10.0 Å². The number of rotatable bonds is 2. The van der Waals surface area contributed by atoms with Gasteiger partial charge in [-0.25, -0.2) is 10.2 Å². The number of anilines is 1. The first-order valence-electron chi connectivity index (χ1n) is 6.75. The van der Waals surface area contributed by atoms with Gasteiger partial charge in [0.25, 0.3) is 5.91 Å². The molecule has 0 saturated carbocycles. The van der Waals surface area contributed by atoms with Crippen LogP contribution in [0, 0.1) is 0 Å². The zero-order chi connectivity index (χ0) is 17.1. The van der Waals surface area contributed by atoms with Crippen LogP contribution >= 0.6 is 23.2 Å². The van der Waals surface area contributed by atoms with Crippen molar-refractivity contribution in [1.29, 1.82) is 0 Å². The molecular formula is C15H11Cl2N3O4. The Hall–Kier alpha value is -2.64. The van der Waals surface area contributed by atoms with Gasteiger partial charge >= 0.3 is 6.03 Å². The van der Waals surface area contributed by atoms with E-state index in [1.807, 2.05) is 0 Å². The molecule has 1 aliphatic rings. The molecule has 7 nitrogen and oxygen atoms in total. The largest absolute Gasteiger partial charge is 0.454 e. The van der Waals surface area contributed by atoms with Crippen molar-refractivity contribution in [2.75, 3.05) is 12.1 Å². The quantitative estimate of drug-likeness (QED) is 0.711. The summed E-state index contributed by atoms with van der Waals surface area (Å²) in [5.74, 6) is 0.539. The number of amides is 3. The van der Waals surface area contributed by atoms with Gasteiger partial charge in [-0.15, -0.1) is 0 Å². The summed E-state index contributed by atoms with van der Waals surface area (Å²) in [4.78, 5) is 23.8. The smallest absolute Gasteiger partial charge is 0.337 e. The number of benzene rings is 2. The molecule has 3 amide bonds. The summed E-state index contributed by atoms with van der Waals surface area (Å²) in [6, 6.07) is 8.67. The Morgan fingerprint density at radius 2 is 1.71 bits per heavy atom. The normalized spacial score (nSPS) is 11.8. The number of urea groups is 1. The maximum absolute atomic E-state index is 12.0. The van der Waals surface area contributed by atoms with Crippen molar-refractivity contribution in [3.8, 4) is 11.5 Å². The fourth-order valence-electron chi connectivity index (χ4n) is 1.96. The molecule has 24 heavy (non-hydrogen) atoms. The highest BCUT2D eigenvalue weighted by molar-refractivity contribution is 6.42. The van der Waals surface area contributed by atoms with Gasteiger partial charge in [0, 0.05) is 11.3 Å². The predicted octanol–water partition coefficient (Wildman–Crippen LogP) is 3.19. The van der Waals surface area contributed by atoms with Crippen molar-refractivity contribution >= 4 is 40.8 Å². The van der Waals surface area contributed by atoms with Crippen LogP contribution in [-0.4, -0.2) is 18.7 Å². The van der Waals surface area contributed by atoms with Crippen molar-refractivity contribution in [3.05, 3.63) is 52.0 Å². The van der Waals surface area contributed by atoms with E-state index in [1.54, 1.807) is 24.3 Å². The molecule has 1 aliphatic heterocycles. The minimum atomic E-state index is -0.637. The monoisotopic (exact) mass is 367 g/mol. The fraction of sp³-hybridized carbons (Fsp3) is 0.0667. The van der Waals surface area contributed by atoms with Gasteiger partial charge in [-0.1, -0.05) is 23.2 Å². The number of hydrogen-bond donors (Lipinski definition) is 3. The summed E-state index contributed by atoms with van der Waals surface area (Å²) in [5.41, 5.74) is 5.26. The van der Waals surface area contributed by atoms with E-state index < -0.39 is 11.9 Å². The molecule has 124 valence electrons. The second-order valence-corrected chi connectivity index (χ2v) is 5.54. The molecule has 0 aromatic heterocycles. The van der Waals surface area contributed by atoms with E-state index in [0.717, 1.165) is 0 Å². The third kappa shape index (κ3) is 3.64. The fourth-order valence-corrected chi connectivity index (χ4v) is 2.26. The molecule has 3 rings (SSSR count). The Balaban J connectivity index is 1.55. The molecule has 3 N–H and O–H groups in total. The van der Waals surface area contributed by atoms with Crippen LogP contribution in [0.15, 0.2) is 36.4 Å². The van der Waals surface area contributed by atoms with E-state index in [4.69, 9.17) is 32.7 Å². The van der Waals surface area contributed by atoms with E-state index in [-0.39, 0.29) is 6.79 Å². The molecular weight excluding hydrogens is 357 g/mol. The topological polar surface area (TPSA) is 88.7 Å². The van der Waals surface area contributed by atoms with Gasteiger partial charge in [-0.3, -0.25) is 10.2 Å². The SMILES string of the molecule is O=C(NNC(=O)c1ccc2c(c1)OCO2)Nc1ccc(Cl)c(Cl)c1. The highest BCUT2D eigenvalue weighted by atomic mass is 35.5. The molecule has 9 heteroatoms. The van der Waals surface area contributed by atoms with Crippen molar-refractivity contribution in [2.45, 2.75) is 0 Å². The standard InChI is InChI=1S/C15H11Cl2N3O4/c16-10-3-2-9(6-11(10)17)18-15(22)20-19-14(21)8-1-4-12-13(5-8)24-7-23-12/h1-6H,7H2,(H,19,21)(H2,18,20,22). The molecule has 2 aromatic rings. The number of halogens is 2. The lowest BCUT2D eigenvalue weighted by Crippen LogP contribution is -2.43. The molecule has 0 atom stereocenters. The van der Waals surface area contributed by atoms with Crippen molar-refractivity contribution < 1.29 is 19.1 Å². The summed E-state index contributed by atoms with van der Waals surface area (Å²) in [6.07, 6.45) is 0. The highest BCUT2D eigenvalue weighted by Crippen LogP contribution is 2.32. The van der Waals surface area contributed by atoms with Crippen LogP contribution in [0.25, 0.3) is 0 Å². The van der Waals surface area contributed by atoms with Crippen LogP contribution in [0.5, 0.6) is 11.5 Å². The summed E-state index contributed by atoms with van der Waals surface area (Å²) in [6.45, 7) is 0.116. The second kappa shape index (κ2) is 6.86. The minimum Gasteiger partial charge on any atom is -0.454 e. The number of hydrogen-bond acceptors (Lipinski definition) is 4. The first-order chi connectivity index (χ1) is 11.5. The Morgan fingerprint density at radius 3 is 2.50 bits per heavy atom. The number of ether oxygens (including phenoxy) is 2. The van der Waals surface area contributed by atoms with Gasteiger partial charge in [0.15, 0.2) is 11.5 Å². The Bertz CT molecular complexity index is 813. The lowest BCUT2D eigenvalue weighted by Gasteiger charge is -2.10. The molecule has 2 aromatic carbocycles. The summed E-state index contributed by atoms with van der Waals surface area (Å²) in [7, 11) is 0. The zero-order valence-corrected chi connectivity index (χ0v) is 13.6. The molecule has 0 radical (unpaired) electrons. The molecule has 0 unspecified atom stereocenters. The Kier molecular flexibility index (Phi) is 4.64. The average Bonchev–Trinajstić information content (AvgIpc) is 3.03. The minimum absolute atomic E-state index is 0.116. The zero-order valence-electron chi connectivity index (χ0n) is 12.1. The van der Waals surface area contributed by atoms with Crippen LogP contribution in [-0.2, 0) is 0 Å². The number of carbonyl (C=O) groups is 2. The van der Waals surface area contributed by atoms with E-state index in [9.17, 15) is 9.59 Å². The molecule has 0 saturated heterocycles. The van der Waals surface area contributed by atoms with E-state index >= 15 is 0 Å². The average molecular weight is 368 g/mol. The number of fused-ring (bicyclic) bond motifs is 1. The molecule has 0 fully saturated rings. The number of carbonyl (C=O) groups excluding carboxylic acids is 2. The second-order valence-electron chi connectivity index (χ2n) is 4.73. The summed E-state index contributed by atoms with van der Waals surface area (Å²) < 4.78 is 10.4. The first kappa shape index (κ1) is 16.2. The highest BCUT2D eigenvalue weighted by Gasteiger charge is 2.16. The van der Waals surface area contributed by atoms with Gasteiger partial charge in [-0.05, 0) is 36.4 Å². The van der Waals surface area contributed by atoms with Crippen LogP contribution in [0.1, 0.15) is 10.4 Å². The number of hydrazine groups is 1. The summed E-state index contributed by atoms with van der Waals surface area (Å²) in [5, 5.41) is 3.18. The maximum Gasteiger partial charge on any atom is 0.337 e. The van der Waals surface area contributed by atoms with Gasteiger partial charge < -0.3 is 14.8 Å². The third-order valence-corrected chi connectivity index (χ3v) is 3.84. The van der Waals surface area contributed by atoms with Gasteiger partial charge in [0.05, 0.1) is 10.0 Å². The third-order valence-electron chi connectivity index (χ3n) is 3.10. The van der Waals surface area contributed by atoms with Gasteiger partial charge in [0.2, 0.25) is 6.79 Å². The van der Waals surface area contributed by atoms with E-state index in [0.29, 0.717) is 32.8 Å². The van der Waals surface area contributed by atoms with E-state index in [1.165, 1.54) is 12.1 Å². The maximum atomic E-state index is 12.0. The Morgan fingerprint density at radius 1 is 0.917 bits per heavy atom. The Labute approximate surface area is 146 Å². The molecule has 0 aliphatic carbocycles. The van der Waals surface area contributed by atoms with E-state index in [2.05, 4.69) is 16.2 Å². The predicted molar refractivity (Wildman–Crippen MR) is 88.6 cm³/mol. The molecule has 0 bridgehead atoms. The summed E-state index contributed by atoms with van der Waals surface area (Å²) >= 11 is 11.6. The lowest BCUT2D eigenvalue weighted by atomic mass is 10.2. The lowest BCUT2D eigenvalue weighted by molar-refractivity contribution is 0.0937. The van der Waals surface area contributed by atoms with Crippen molar-refractivity contribution in [3.63, 3.8) is 0 Å². The van der Waals surface area contributed by atoms with Crippen LogP contribution in [0.3, 0.4) is 0 Å². The van der Waals surface area contributed by atoms with Gasteiger partial charge in [-0.2, -0.15) is 0 Å². The van der Waals surface area contributed by atoms with Crippen molar-refractivity contribution in [2.24, 2.45) is 0 Å². The van der Waals surface area contributed by atoms with Crippen molar-refractivity contribution in [1.82, 2.24) is 10.9 Å². The molecule has 0 spiro atoms. The van der Waals surface area contributed by atoms with Gasteiger partial charge in [0.1, 0.15) is 0 Å². The van der Waals surface area contributed by atoms with Crippen LogP contribution in [0.4, 0.5) is 10.5 Å². The molecule has 1 heterocycles. The number of nitrogens with one attached hydrogen (secondary N) is 3. The van der Waals surface area contributed by atoms with Crippen LogP contribution < -0.4 is 25.6 Å².